The molecule has 3 rings (SSSR count). The van der Waals surface area contributed by atoms with Gasteiger partial charge in [-0.3, -0.25) is 0 Å². The molecule has 1 aromatic heterocycles. The molecule has 0 fully saturated rings. The Kier molecular flexibility index (Phi) is 3.36. The second-order valence-corrected chi connectivity index (χ2v) is 6.67. The summed E-state index contributed by atoms with van der Waals surface area (Å²) in [6.45, 7) is 4.14. The summed E-state index contributed by atoms with van der Waals surface area (Å²) in [5, 5.41) is 1.86. The van der Waals surface area contributed by atoms with E-state index in [0.29, 0.717) is 15.7 Å². The summed E-state index contributed by atoms with van der Waals surface area (Å²) in [7, 11) is 0. The van der Waals surface area contributed by atoms with Crippen molar-refractivity contribution in [3.05, 3.63) is 45.4 Å². The molecule has 0 saturated heterocycles. The molecule has 102 valence electrons. The SMILES string of the molecule is Cc1cc(C)c2nc(-c3cc(Cl)cc(Cl)c3N)sc2c1. The minimum Gasteiger partial charge on any atom is -0.397 e. The molecule has 0 unspecified atom stereocenters. The van der Waals surface area contributed by atoms with Crippen molar-refractivity contribution in [3.8, 4) is 10.6 Å². The highest BCUT2D eigenvalue weighted by atomic mass is 35.5. The molecule has 0 aliphatic rings. The van der Waals surface area contributed by atoms with Crippen LogP contribution in [0.4, 0.5) is 5.69 Å². The number of anilines is 1. The Hall–Kier alpha value is -1.29. The lowest BCUT2D eigenvalue weighted by molar-refractivity contribution is 1.38. The van der Waals surface area contributed by atoms with Crippen molar-refractivity contribution in [2.24, 2.45) is 0 Å². The molecule has 0 bridgehead atoms. The summed E-state index contributed by atoms with van der Waals surface area (Å²) in [6.07, 6.45) is 0. The third-order valence-corrected chi connectivity index (χ3v) is 4.72. The van der Waals surface area contributed by atoms with Gasteiger partial charge >= 0.3 is 0 Å². The first-order valence-electron chi connectivity index (χ1n) is 6.08. The van der Waals surface area contributed by atoms with Gasteiger partial charge in [0, 0.05) is 10.6 Å². The van der Waals surface area contributed by atoms with E-state index in [2.05, 4.69) is 31.0 Å². The van der Waals surface area contributed by atoms with E-state index in [9.17, 15) is 0 Å². The minimum absolute atomic E-state index is 0.458. The molecular weight excluding hydrogens is 311 g/mol. The van der Waals surface area contributed by atoms with Crippen LogP contribution in [0.25, 0.3) is 20.8 Å². The molecule has 5 heteroatoms. The Morgan fingerprint density at radius 1 is 1.10 bits per heavy atom. The molecule has 0 aliphatic carbocycles. The van der Waals surface area contributed by atoms with E-state index >= 15 is 0 Å². The zero-order valence-corrected chi connectivity index (χ0v) is 13.3. The van der Waals surface area contributed by atoms with Gasteiger partial charge in [0.15, 0.2) is 0 Å². The number of nitrogens with zero attached hydrogens (tertiary/aromatic N) is 1. The maximum atomic E-state index is 6.09. The molecular formula is C15H12Cl2N2S. The lowest BCUT2D eigenvalue weighted by Crippen LogP contribution is -1.91. The van der Waals surface area contributed by atoms with Crippen molar-refractivity contribution in [3.63, 3.8) is 0 Å². The van der Waals surface area contributed by atoms with E-state index in [1.54, 1.807) is 17.4 Å². The van der Waals surface area contributed by atoms with Crippen LogP contribution < -0.4 is 5.73 Å². The highest BCUT2D eigenvalue weighted by Gasteiger charge is 2.14. The van der Waals surface area contributed by atoms with Crippen LogP contribution in [0.15, 0.2) is 24.3 Å². The molecule has 0 radical (unpaired) electrons. The molecule has 0 spiro atoms. The Morgan fingerprint density at radius 2 is 1.85 bits per heavy atom. The Balaban J connectivity index is 2.28. The standard InChI is InChI=1S/C15H12Cl2N2S/c1-7-3-8(2)14-12(4-7)20-15(19-14)10-5-9(16)6-11(17)13(10)18/h3-6H,18H2,1-2H3. The Morgan fingerprint density at radius 3 is 2.60 bits per heavy atom. The number of fused-ring (bicyclic) bond motifs is 1. The Bertz CT molecular complexity index is 824. The van der Waals surface area contributed by atoms with E-state index in [-0.39, 0.29) is 0 Å². The van der Waals surface area contributed by atoms with Crippen LogP contribution >= 0.6 is 34.5 Å². The van der Waals surface area contributed by atoms with Crippen LogP contribution in [0.2, 0.25) is 10.0 Å². The molecule has 2 nitrogen and oxygen atoms in total. The normalized spacial score (nSPS) is 11.2. The lowest BCUT2D eigenvalue weighted by atomic mass is 10.1. The highest BCUT2D eigenvalue weighted by Crippen LogP contribution is 2.39. The van der Waals surface area contributed by atoms with Gasteiger partial charge < -0.3 is 5.73 Å². The van der Waals surface area contributed by atoms with Crippen molar-refractivity contribution in [1.82, 2.24) is 4.98 Å². The number of rotatable bonds is 1. The lowest BCUT2D eigenvalue weighted by Gasteiger charge is -2.05. The van der Waals surface area contributed by atoms with Crippen LogP contribution in [0.3, 0.4) is 0 Å². The first kappa shape index (κ1) is 13.7. The van der Waals surface area contributed by atoms with Crippen LogP contribution in [-0.4, -0.2) is 4.98 Å². The zero-order valence-electron chi connectivity index (χ0n) is 11.0. The number of hydrogen-bond acceptors (Lipinski definition) is 3. The monoisotopic (exact) mass is 322 g/mol. The maximum absolute atomic E-state index is 6.09. The van der Waals surface area contributed by atoms with Gasteiger partial charge in [0.2, 0.25) is 0 Å². The second-order valence-electron chi connectivity index (χ2n) is 4.80. The van der Waals surface area contributed by atoms with Crippen molar-refractivity contribution >= 4 is 50.4 Å². The van der Waals surface area contributed by atoms with E-state index in [4.69, 9.17) is 28.9 Å². The number of benzene rings is 2. The van der Waals surface area contributed by atoms with Gasteiger partial charge in [-0.25, -0.2) is 4.98 Å². The quantitative estimate of drug-likeness (QED) is 0.603. The fraction of sp³-hybridized carbons (Fsp3) is 0.133. The van der Waals surface area contributed by atoms with Gasteiger partial charge in [0.1, 0.15) is 5.01 Å². The maximum Gasteiger partial charge on any atom is 0.126 e. The first-order chi connectivity index (χ1) is 9.45. The van der Waals surface area contributed by atoms with Crippen LogP contribution in [-0.2, 0) is 0 Å². The molecule has 3 aromatic rings. The van der Waals surface area contributed by atoms with Crippen molar-refractivity contribution in [1.29, 1.82) is 0 Å². The number of aryl methyl sites for hydroxylation is 2. The topological polar surface area (TPSA) is 38.9 Å². The fourth-order valence-corrected chi connectivity index (χ4v) is 3.91. The summed E-state index contributed by atoms with van der Waals surface area (Å²) in [5.41, 5.74) is 10.8. The van der Waals surface area contributed by atoms with E-state index < -0.39 is 0 Å². The molecule has 0 saturated carbocycles. The number of halogens is 2. The fourth-order valence-electron chi connectivity index (χ4n) is 2.25. The second kappa shape index (κ2) is 4.92. The van der Waals surface area contributed by atoms with Gasteiger partial charge in [-0.05, 0) is 43.2 Å². The molecule has 0 atom stereocenters. The zero-order chi connectivity index (χ0) is 14.4. The number of nitrogen functional groups attached to an aromatic ring is 1. The molecule has 20 heavy (non-hydrogen) atoms. The average Bonchev–Trinajstić information content (AvgIpc) is 2.77. The van der Waals surface area contributed by atoms with Gasteiger partial charge in [-0.15, -0.1) is 11.3 Å². The summed E-state index contributed by atoms with van der Waals surface area (Å²) in [5.74, 6) is 0. The van der Waals surface area contributed by atoms with E-state index in [0.717, 1.165) is 26.4 Å². The molecule has 0 amide bonds. The molecule has 2 N–H and O–H groups in total. The molecule has 0 aliphatic heterocycles. The van der Waals surface area contributed by atoms with Crippen LogP contribution in [0, 0.1) is 13.8 Å². The van der Waals surface area contributed by atoms with Crippen LogP contribution in [0.1, 0.15) is 11.1 Å². The summed E-state index contributed by atoms with van der Waals surface area (Å²) >= 11 is 13.8. The third kappa shape index (κ3) is 2.26. The smallest absolute Gasteiger partial charge is 0.126 e. The third-order valence-electron chi connectivity index (χ3n) is 3.15. The minimum atomic E-state index is 0.458. The van der Waals surface area contributed by atoms with Gasteiger partial charge in [0.25, 0.3) is 0 Å². The van der Waals surface area contributed by atoms with Crippen molar-refractivity contribution < 1.29 is 0 Å². The first-order valence-corrected chi connectivity index (χ1v) is 7.65. The predicted molar refractivity (Wildman–Crippen MR) is 89.0 cm³/mol. The van der Waals surface area contributed by atoms with E-state index in [1.807, 2.05) is 6.07 Å². The van der Waals surface area contributed by atoms with Crippen LogP contribution in [0.5, 0.6) is 0 Å². The van der Waals surface area contributed by atoms with Crippen molar-refractivity contribution in [2.75, 3.05) is 5.73 Å². The molecule has 2 aromatic carbocycles. The Labute approximate surface area is 131 Å². The summed E-state index contributed by atoms with van der Waals surface area (Å²) < 4.78 is 1.15. The van der Waals surface area contributed by atoms with Gasteiger partial charge in [-0.2, -0.15) is 0 Å². The predicted octanol–water partition coefficient (Wildman–Crippen LogP) is 5.47. The average molecular weight is 323 g/mol. The highest BCUT2D eigenvalue weighted by molar-refractivity contribution is 7.21. The number of hydrogen-bond donors (Lipinski definition) is 1. The molecule has 1 heterocycles. The van der Waals surface area contributed by atoms with E-state index in [1.165, 1.54) is 5.56 Å². The number of nitrogens with two attached hydrogens (primary N) is 1. The van der Waals surface area contributed by atoms with Gasteiger partial charge in [0.05, 0.1) is 20.9 Å². The summed E-state index contributed by atoms with van der Waals surface area (Å²) in [6, 6.07) is 7.71. The number of thiazole rings is 1. The number of aromatic nitrogens is 1. The van der Waals surface area contributed by atoms with Crippen molar-refractivity contribution in [2.45, 2.75) is 13.8 Å². The van der Waals surface area contributed by atoms with Gasteiger partial charge in [-0.1, -0.05) is 29.3 Å². The summed E-state index contributed by atoms with van der Waals surface area (Å²) in [4.78, 5) is 4.69. The largest absolute Gasteiger partial charge is 0.397 e.